The lowest BCUT2D eigenvalue weighted by molar-refractivity contribution is -0.143. The second-order valence-electron chi connectivity index (χ2n) is 6.01. The fourth-order valence-electron chi connectivity index (χ4n) is 2.59. The molecule has 24 heavy (non-hydrogen) atoms. The third-order valence-electron chi connectivity index (χ3n) is 4.22. The van der Waals surface area contributed by atoms with E-state index in [9.17, 15) is 24.3 Å². The molecule has 1 aromatic rings. The summed E-state index contributed by atoms with van der Waals surface area (Å²) < 4.78 is 0. The van der Waals surface area contributed by atoms with Crippen molar-refractivity contribution in [3.8, 4) is 0 Å². The maximum absolute atomic E-state index is 12.3. The van der Waals surface area contributed by atoms with Gasteiger partial charge in [0, 0.05) is 0 Å². The van der Waals surface area contributed by atoms with Gasteiger partial charge in [0.2, 0.25) is 5.91 Å². The standard InChI is InChI=1S/C17H20N2O5/c1-4-10(3)14(17(23)24)18-13(20)8-19-15(21)11-6-5-9(2)7-12(11)16(19)22/h5-7,10,14H,4,8H2,1-3H3,(H,18,20)(H,23,24)/t10-,14-/m0/s1. The minimum atomic E-state index is -1.14. The quantitative estimate of drug-likeness (QED) is 0.762. The van der Waals surface area contributed by atoms with E-state index in [4.69, 9.17) is 0 Å². The van der Waals surface area contributed by atoms with Gasteiger partial charge >= 0.3 is 5.97 Å². The van der Waals surface area contributed by atoms with E-state index in [0.29, 0.717) is 6.42 Å². The minimum Gasteiger partial charge on any atom is -0.480 e. The number of nitrogens with one attached hydrogen (secondary N) is 1. The first-order valence-corrected chi connectivity index (χ1v) is 7.75. The molecule has 0 spiro atoms. The van der Waals surface area contributed by atoms with Gasteiger partial charge in [0.05, 0.1) is 11.1 Å². The van der Waals surface area contributed by atoms with Gasteiger partial charge in [-0.1, -0.05) is 31.9 Å². The van der Waals surface area contributed by atoms with E-state index in [0.717, 1.165) is 10.5 Å². The summed E-state index contributed by atoms with van der Waals surface area (Å²) in [6.45, 7) is 4.84. The molecule has 0 unspecified atom stereocenters. The third-order valence-corrected chi connectivity index (χ3v) is 4.22. The summed E-state index contributed by atoms with van der Waals surface area (Å²) in [5.41, 5.74) is 1.36. The van der Waals surface area contributed by atoms with Crippen LogP contribution in [0, 0.1) is 12.8 Å². The number of carbonyl (C=O) groups is 4. The van der Waals surface area contributed by atoms with Crippen LogP contribution in [-0.2, 0) is 9.59 Å². The van der Waals surface area contributed by atoms with Gasteiger partial charge in [0.25, 0.3) is 11.8 Å². The van der Waals surface area contributed by atoms with Crippen molar-refractivity contribution in [1.82, 2.24) is 10.2 Å². The van der Waals surface area contributed by atoms with E-state index in [-0.39, 0.29) is 17.0 Å². The molecule has 1 aliphatic heterocycles. The Bertz CT molecular complexity index is 713. The molecule has 0 aromatic heterocycles. The number of nitrogens with zero attached hydrogens (tertiary/aromatic N) is 1. The number of carbonyl (C=O) groups excluding carboxylic acids is 3. The summed E-state index contributed by atoms with van der Waals surface area (Å²) in [5, 5.41) is 11.6. The molecular weight excluding hydrogens is 312 g/mol. The molecule has 2 atom stereocenters. The molecule has 128 valence electrons. The van der Waals surface area contributed by atoms with Gasteiger partial charge in [-0.05, 0) is 25.0 Å². The van der Waals surface area contributed by atoms with Crippen LogP contribution < -0.4 is 5.32 Å². The Morgan fingerprint density at radius 3 is 2.42 bits per heavy atom. The Hall–Kier alpha value is -2.70. The molecule has 1 heterocycles. The van der Waals surface area contributed by atoms with Crippen LogP contribution in [0.25, 0.3) is 0 Å². The topological polar surface area (TPSA) is 104 Å². The van der Waals surface area contributed by atoms with Crippen LogP contribution in [0.15, 0.2) is 18.2 Å². The fourth-order valence-corrected chi connectivity index (χ4v) is 2.59. The second kappa shape index (κ2) is 6.82. The monoisotopic (exact) mass is 332 g/mol. The predicted octanol–water partition coefficient (Wildman–Crippen LogP) is 1.21. The maximum atomic E-state index is 12.3. The van der Waals surface area contributed by atoms with Crippen LogP contribution in [0.1, 0.15) is 46.5 Å². The van der Waals surface area contributed by atoms with E-state index in [1.807, 2.05) is 6.92 Å². The number of hydrogen-bond donors (Lipinski definition) is 2. The van der Waals surface area contributed by atoms with E-state index in [1.165, 1.54) is 0 Å². The second-order valence-corrected chi connectivity index (χ2v) is 6.01. The number of hydrogen-bond acceptors (Lipinski definition) is 4. The zero-order valence-corrected chi connectivity index (χ0v) is 13.8. The van der Waals surface area contributed by atoms with Crippen molar-refractivity contribution in [2.45, 2.75) is 33.2 Å². The smallest absolute Gasteiger partial charge is 0.326 e. The average molecular weight is 332 g/mol. The Labute approximate surface area is 139 Å². The molecule has 0 bridgehead atoms. The minimum absolute atomic E-state index is 0.259. The first kappa shape index (κ1) is 17.7. The number of amides is 3. The fraction of sp³-hybridized carbons (Fsp3) is 0.412. The maximum Gasteiger partial charge on any atom is 0.326 e. The van der Waals surface area contributed by atoms with Crippen LogP contribution in [0.5, 0.6) is 0 Å². The molecule has 1 aromatic carbocycles. The first-order chi connectivity index (χ1) is 11.3. The summed E-state index contributed by atoms with van der Waals surface area (Å²) in [6.07, 6.45) is 0.573. The zero-order valence-electron chi connectivity index (χ0n) is 13.8. The number of carboxylic acids is 1. The highest BCUT2D eigenvalue weighted by Gasteiger charge is 2.37. The van der Waals surface area contributed by atoms with Crippen LogP contribution in [0.3, 0.4) is 0 Å². The highest BCUT2D eigenvalue weighted by atomic mass is 16.4. The summed E-state index contributed by atoms with van der Waals surface area (Å²) >= 11 is 0. The predicted molar refractivity (Wildman–Crippen MR) is 85.6 cm³/mol. The molecular formula is C17H20N2O5. The molecule has 1 aliphatic rings. The van der Waals surface area contributed by atoms with E-state index >= 15 is 0 Å². The van der Waals surface area contributed by atoms with Crippen molar-refractivity contribution >= 4 is 23.7 Å². The number of fused-ring (bicyclic) bond motifs is 1. The van der Waals surface area contributed by atoms with Gasteiger partial charge in [0.15, 0.2) is 0 Å². The van der Waals surface area contributed by atoms with Gasteiger partial charge in [-0.25, -0.2) is 4.79 Å². The number of aryl methyl sites for hydroxylation is 1. The van der Waals surface area contributed by atoms with Crippen molar-refractivity contribution in [2.75, 3.05) is 6.54 Å². The lowest BCUT2D eigenvalue weighted by atomic mass is 9.99. The molecule has 0 saturated heterocycles. The van der Waals surface area contributed by atoms with Gasteiger partial charge in [-0.15, -0.1) is 0 Å². The van der Waals surface area contributed by atoms with Crippen LogP contribution in [0.2, 0.25) is 0 Å². The summed E-state index contributed by atoms with van der Waals surface area (Å²) in [6, 6.07) is 3.83. The van der Waals surface area contributed by atoms with Crippen molar-refractivity contribution < 1.29 is 24.3 Å². The van der Waals surface area contributed by atoms with Gasteiger partial charge < -0.3 is 10.4 Å². The third kappa shape index (κ3) is 3.29. The van der Waals surface area contributed by atoms with Gasteiger partial charge in [-0.2, -0.15) is 0 Å². The molecule has 2 N–H and O–H groups in total. The Morgan fingerprint density at radius 2 is 1.83 bits per heavy atom. The molecule has 7 heteroatoms. The van der Waals surface area contributed by atoms with E-state index in [1.54, 1.807) is 32.0 Å². The summed E-state index contributed by atoms with van der Waals surface area (Å²) in [4.78, 5) is 48.8. The molecule has 2 rings (SSSR count). The number of imide groups is 1. The number of benzene rings is 1. The molecule has 3 amide bonds. The zero-order chi connectivity index (χ0) is 18.0. The van der Waals surface area contributed by atoms with Crippen molar-refractivity contribution in [3.63, 3.8) is 0 Å². The van der Waals surface area contributed by atoms with Crippen molar-refractivity contribution in [2.24, 2.45) is 5.92 Å². The number of carboxylic acid groups (broad SMARTS) is 1. The van der Waals surface area contributed by atoms with Gasteiger partial charge in [-0.3, -0.25) is 19.3 Å². The number of rotatable bonds is 6. The Morgan fingerprint density at radius 1 is 1.21 bits per heavy atom. The SMILES string of the molecule is CC[C@H](C)[C@H](NC(=O)CN1C(=O)c2ccc(C)cc2C1=O)C(=O)O. The van der Waals surface area contributed by atoms with Crippen molar-refractivity contribution in [3.05, 3.63) is 34.9 Å². The highest BCUT2D eigenvalue weighted by molar-refractivity contribution is 6.22. The van der Waals surface area contributed by atoms with E-state index < -0.39 is 36.3 Å². The van der Waals surface area contributed by atoms with Crippen LogP contribution in [-0.4, -0.2) is 46.3 Å². The molecule has 7 nitrogen and oxygen atoms in total. The summed E-state index contributed by atoms with van der Waals surface area (Å²) in [7, 11) is 0. The van der Waals surface area contributed by atoms with Gasteiger partial charge in [0.1, 0.15) is 12.6 Å². The average Bonchev–Trinajstić information content (AvgIpc) is 2.76. The Balaban J connectivity index is 2.12. The lowest BCUT2D eigenvalue weighted by Crippen LogP contribution is -2.49. The molecule has 0 aliphatic carbocycles. The van der Waals surface area contributed by atoms with Crippen molar-refractivity contribution in [1.29, 1.82) is 0 Å². The normalized spacial score (nSPS) is 15.9. The molecule has 0 saturated carbocycles. The molecule has 0 radical (unpaired) electrons. The lowest BCUT2D eigenvalue weighted by Gasteiger charge is -2.21. The number of aliphatic carboxylic acids is 1. The Kier molecular flexibility index (Phi) is 5.02. The largest absolute Gasteiger partial charge is 0.480 e. The van der Waals surface area contributed by atoms with Crippen LogP contribution >= 0.6 is 0 Å². The van der Waals surface area contributed by atoms with Crippen LogP contribution in [0.4, 0.5) is 0 Å². The first-order valence-electron chi connectivity index (χ1n) is 7.75. The highest BCUT2D eigenvalue weighted by Crippen LogP contribution is 2.23. The summed E-state index contributed by atoms with van der Waals surface area (Å²) in [5.74, 6) is -3.16. The van der Waals surface area contributed by atoms with E-state index in [2.05, 4.69) is 5.32 Å². The molecule has 0 fully saturated rings.